The maximum absolute atomic E-state index is 12.3. The Bertz CT molecular complexity index is 1110. The Morgan fingerprint density at radius 3 is 2.39 bits per heavy atom. The zero-order chi connectivity index (χ0) is 22.2. The van der Waals surface area contributed by atoms with Gasteiger partial charge in [-0.3, -0.25) is 9.59 Å². The molecule has 0 atom stereocenters. The number of methoxy groups -OCH3 is 1. The van der Waals surface area contributed by atoms with Crippen molar-refractivity contribution in [2.75, 3.05) is 24.8 Å². The minimum atomic E-state index is -0.408. The van der Waals surface area contributed by atoms with Crippen molar-refractivity contribution >= 4 is 29.3 Å². The van der Waals surface area contributed by atoms with Crippen LogP contribution in [0.3, 0.4) is 0 Å². The number of carbonyl (C=O) groups is 2. The van der Waals surface area contributed by atoms with Crippen LogP contribution in [0, 0.1) is 0 Å². The summed E-state index contributed by atoms with van der Waals surface area (Å²) in [7, 11) is 1.57. The number of anilines is 1. The lowest BCUT2D eigenvalue weighted by atomic mass is 10.2. The van der Waals surface area contributed by atoms with Crippen LogP contribution in [0.25, 0.3) is 5.69 Å². The molecule has 0 aliphatic heterocycles. The second-order valence-corrected chi connectivity index (χ2v) is 7.25. The number of hydrogen-bond donors (Lipinski definition) is 1. The van der Waals surface area contributed by atoms with E-state index >= 15 is 0 Å². The lowest BCUT2D eigenvalue weighted by Gasteiger charge is -2.08. The highest BCUT2D eigenvalue weighted by atomic mass is 32.2. The molecule has 3 rings (SSSR count). The van der Waals surface area contributed by atoms with Gasteiger partial charge in [-0.15, -0.1) is 0 Å². The van der Waals surface area contributed by atoms with Crippen LogP contribution in [0.15, 0.2) is 70.5 Å². The van der Waals surface area contributed by atoms with Crippen molar-refractivity contribution in [1.29, 1.82) is 0 Å². The summed E-state index contributed by atoms with van der Waals surface area (Å²) in [6, 6.07) is 16.4. The number of hydrogen-bond acceptors (Lipinski definition) is 7. The highest BCUT2D eigenvalue weighted by molar-refractivity contribution is 7.99. The third-order valence-electron chi connectivity index (χ3n) is 4.12. The highest BCUT2D eigenvalue weighted by Gasteiger charge is 2.09. The number of ether oxygens (including phenoxy) is 2. The molecular formula is C22H21N3O5S. The highest BCUT2D eigenvalue weighted by Crippen LogP contribution is 2.17. The van der Waals surface area contributed by atoms with Crippen LogP contribution in [0.1, 0.15) is 17.3 Å². The van der Waals surface area contributed by atoms with Gasteiger partial charge in [-0.1, -0.05) is 11.8 Å². The van der Waals surface area contributed by atoms with Crippen molar-refractivity contribution in [1.82, 2.24) is 9.78 Å². The second kappa shape index (κ2) is 10.4. The van der Waals surface area contributed by atoms with E-state index in [0.717, 1.165) is 0 Å². The van der Waals surface area contributed by atoms with Gasteiger partial charge in [0.25, 0.3) is 5.56 Å². The first-order chi connectivity index (χ1) is 15.0. The molecule has 160 valence electrons. The van der Waals surface area contributed by atoms with Crippen molar-refractivity contribution in [2.45, 2.75) is 11.9 Å². The van der Waals surface area contributed by atoms with Gasteiger partial charge in [-0.2, -0.15) is 9.78 Å². The first-order valence-electron chi connectivity index (χ1n) is 9.45. The molecule has 0 bridgehead atoms. The van der Waals surface area contributed by atoms with Gasteiger partial charge in [0, 0.05) is 11.8 Å². The molecule has 0 saturated heterocycles. The molecule has 0 aliphatic rings. The first kappa shape index (κ1) is 22.1. The standard InChI is InChI=1S/C22H21N3O5S/c1-3-30-22(28)15-4-6-16(7-5-15)23-19(26)14-31-20-12-13-21(27)25(24-20)17-8-10-18(29-2)11-9-17/h4-13H,3,14H2,1-2H3,(H,23,26). The number of thioether (sulfide) groups is 1. The Morgan fingerprint density at radius 2 is 1.74 bits per heavy atom. The molecule has 3 aromatic rings. The number of carbonyl (C=O) groups excluding carboxylic acids is 2. The summed E-state index contributed by atoms with van der Waals surface area (Å²) < 4.78 is 11.3. The van der Waals surface area contributed by atoms with Gasteiger partial charge in [0.05, 0.1) is 30.7 Å². The molecule has 0 fully saturated rings. The minimum Gasteiger partial charge on any atom is -0.497 e. The number of amides is 1. The molecular weight excluding hydrogens is 418 g/mol. The summed E-state index contributed by atoms with van der Waals surface area (Å²) in [5.74, 6) is 0.133. The summed E-state index contributed by atoms with van der Waals surface area (Å²) in [5.41, 5.74) is 1.30. The van der Waals surface area contributed by atoms with Crippen LogP contribution in [-0.2, 0) is 9.53 Å². The van der Waals surface area contributed by atoms with Gasteiger partial charge in [0.15, 0.2) is 0 Å². The topological polar surface area (TPSA) is 99.5 Å². The Kier molecular flexibility index (Phi) is 7.45. The largest absolute Gasteiger partial charge is 0.497 e. The van der Waals surface area contributed by atoms with Crippen LogP contribution >= 0.6 is 11.8 Å². The number of aromatic nitrogens is 2. The van der Waals surface area contributed by atoms with Gasteiger partial charge < -0.3 is 14.8 Å². The third kappa shape index (κ3) is 5.95. The Balaban J connectivity index is 1.61. The molecule has 2 aromatic carbocycles. The molecule has 1 N–H and O–H groups in total. The van der Waals surface area contributed by atoms with Crippen LogP contribution in [0.4, 0.5) is 5.69 Å². The molecule has 1 aromatic heterocycles. The van der Waals surface area contributed by atoms with E-state index in [2.05, 4.69) is 10.4 Å². The predicted octanol–water partition coefficient (Wildman–Crippen LogP) is 3.15. The number of nitrogens with one attached hydrogen (secondary N) is 1. The number of esters is 1. The van der Waals surface area contributed by atoms with Crippen molar-refractivity contribution in [3.63, 3.8) is 0 Å². The Labute approximate surface area is 183 Å². The number of nitrogens with zero attached hydrogens (tertiary/aromatic N) is 2. The molecule has 0 aliphatic carbocycles. The van der Waals surface area contributed by atoms with Gasteiger partial charge in [0.1, 0.15) is 10.8 Å². The molecule has 1 amide bonds. The van der Waals surface area contributed by atoms with Crippen LogP contribution in [0.5, 0.6) is 5.75 Å². The van der Waals surface area contributed by atoms with E-state index in [1.54, 1.807) is 68.6 Å². The number of rotatable bonds is 8. The average molecular weight is 439 g/mol. The fourth-order valence-electron chi connectivity index (χ4n) is 2.62. The summed E-state index contributed by atoms with van der Waals surface area (Å²) in [5, 5.41) is 7.61. The Morgan fingerprint density at radius 1 is 1.03 bits per heavy atom. The summed E-state index contributed by atoms with van der Waals surface area (Å²) >= 11 is 1.21. The zero-order valence-electron chi connectivity index (χ0n) is 17.0. The molecule has 0 spiro atoms. The molecule has 8 nitrogen and oxygen atoms in total. The molecule has 31 heavy (non-hydrogen) atoms. The lowest BCUT2D eigenvalue weighted by Crippen LogP contribution is -2.20. The van der Waals surface area contributed by atoms with Gasteiger partial charge in [0.2, 0.25) is 5.91 Å². The average Bonchev–Trinajstić information content (AvgIpc) is 2.79. The van der Waals surface area contributed by atoms with Gasteiger partial charge in [-0.05, 0) is 61.5 Å². The van der Waals surface area contributed by atoms with E-state index in [4.69, 9.17) is 9.47 Å². The fourth-order valence-corrected chi connectivity index (χ4v) is 3.28. The monoisotopic (exact) mass is 439 g/mol. The third-order valence-corrected chi connectivity index (χ3v) is 5.04. The van der Waals surface area contributed by atoms with E-state index in [1.165, 1.54) is 22.5 Å². The maximum atomic E-state index is 12.3. The summed E-state index contributed by atoms with van der Waals surface area (Å²) in [6.45, 7) is 2.04. The van der Waals surface area contributed by atoms with Crippen molar-refractivity contribution in [3.05, 3.63) is 76.6 Å². The van der Waals surface area contributed by atoms with Crippen molar-refractivity contribution < 1.29 is 19.1 Å². The molecule has 0 saturated carbocycles. The smallest absolute Gasteiger partial charge is 0.338 e. The molecule has 1 heterocycles. The Hall–Kier alpha value is -3.59. The maximum Gasteiger partial charge on any atom is 0.338 e. The quantitative estimate of drug-likeness (QED) is 0.425. The summed E-state index contributed by atoms with van der Waals surface area (Å²) in [6.07, 6.45) is 0. The van der Waals surface area contributed by atoms with E-state index in [-0.39, 0.29) is 17.2 Å². The van der Waals surface area contributed by atoms with Crippen LogP contribution < -0.4 is 15.6 Å². The van der Waals surface area contributed by atoms with E-state index in [9.17, 15) is 14.4 Å². The SMILES string of the molecule is CCOC(=O)c1ccc(NC(=O)CSc2ccc(=O)n(-c3ccc(OC)cc3)n2)cc1. The first-order valence-corrected chi connectivity index (χ1v) is 10.4. The summed E-state index contributed by atoms with van der Waals surface area (Å²) in [4.78, 5) is 36.1. The van der Waals surface area contributed by atoms with E-state index < -0.39 is 5.97 Å². The van der Waals surface area contributed by atoms with Crippen LogP contribution in [0.2, 0.25) is 0 Å². The van der Waals surface area contributed by atoms with Crippen LogP contribution in [-0.4, -0.2) is 41.1 Å². The minimum absolute atomic E-state index is 0.105. The van der Waals surface area contributed by atoms with Crippen molar-refractivity contribution in [2.24, 2.45) is 0 Å². The van der Waals surface area contributed by atoms with Gasteiger partial charge in [-0.25, -0.2) is 4.79 Å². The molecule has 0 radical (unpaired) electrons. The normalized spacial score (nSPS) is 10.4. The van der Waals surface area contributed by atoms with E-state index in [1.807, 2.05) is 0 Å². The predicted molar refractivity (Wildman–Crippen MR) is 118 cm³/mol. The lowest BCUT2D eigenvalue weighted by molar-refractivity contribution is -0.113. The fraction of sp³-hybridized carbons (Fsp3) is 0.182. The molecule has 0 unspecified atom stereocenters. The van der Waals surface area contributed by atoms with E-state index in [0.29, 0.717) is 34.3 Å². The van der Waals surface area contributed by atoms with Crippen molar-refractivity contribution in [3.8, 4) is 11.4 Å². The molecule has 9 heteroatoms. The second-order valence-electron chi connectivity index (χ2n) is 6.25. The number of benzene rings is 2. The van der Waals surface area contributed by atoms with Gasteiger partial charge >= 0.3 is 5.97 Å². The zero-order valence-corrected chi connectivity index (χ0v) is 17.8.